The average Bonchev–Trinajstić information content (AvgIpc) is 2.93. The molecule has 0 spiro atoms. The maximum Gasteiger partial charge on any atom is 0.229 e. The molecule has 5 nitrogen and oxygen atoms in total. The van der Waals surface area contributed by atoms with Gasteiger partial charge >= 0.3 is 0 Å². The monoisotopic (exact) mass is 253 g/mol. The van der Waals surface area contributed by atoms with Crippen LogP contribution in [0.1, 0.15) is 63.8 Å². The van der Waals surface area contributed by atoms with Crippen LogP contribution >= 0.6 is 0 Å². The van der Waals surface area contributed by atoms with Crippen LogP contribution in [0, 0.1) is 5.92 Å². The van der Waals surface area contributed by atoms with Crippen LogP contribution in [0.25, 0.3) is 0 Å². The Labute approximate surface area is 108 Å². The van der Waals surface area contributed by atoms with Crippen LogP contribution in [0.3, 0.4) is 0 Å². The molecule has 1 aliphatic carbocycles. The summed E-state index contributed by atoms with van der Waals surface area (Å²) < 4.78 is 11.1. The normalized spacial score (nSPS) is 25.8. The SMILES string of the molecule is CCOC(c1noc(C2CCC(N)C2)n1)C(C)C. The van der Waals surface area contributed by atoms with Crippen LogP contribution in [-0.4, -0.2) is 22.8 Å². The van der Waals surface area contributed by atoms with E-state index in [0.29, 0.717) is 24.3 Å². The number of aromatic nitrogens is 2. The lowest BCUT2D eigenvalue weighted by molar-refractivity contribution is 0.0217. The molecule has 3 unspecified atom stereocenters. The molecule has 0 aromatic carbocycles. The number of nitrogens with two attached hydrogens (primary N) is 1. The summed E-state index contributed by atoms with van der Waals surface area (Å²) in [6.45, 7) is 6.83. The summed E-state index contributed by atoms with van der Waals surface area (Å²) in [5, 5.41) is 4.07. The quantitative estimate of drug-likeness (QED) is 0.872. The first-order valence-electron chi connectivity index (χ1n) is 6.82. The zero-order valence-corrected chi connectivity index (χ0v) is 11.4. The molecule has 18 heavy (non-hydrogen) atoms. The minimum Gasteiger partial charge on any atom is -0.370 e. The van der Waals surface area contributed by atoms with E-state index in [-0.39, 0.29) is 12.1 Å². The minimum absolute atomic E-state index is 0.0809. The lowest BCUT2D eigenvalue weighted by Crippen LogP contribution is -2.14. The van der Waals surface area contributed by atoms with Gasteiger partial charge in [-0.1, -0.05) is 19.0 Å². The zero-order valence-electron chi connectivity index (χ0n) is 11.4. The highest BCUT2D eigenvalue weighted by Crippen LogP contribution is 2.33. The summed E-state index contributed by atoms with van der Waals surface area (Å²) in [6, 6.07) is 0.276. The molecule has 0 bridgehead atoms. The highest BCUT2D eigenvalue weighted by atomic mass is 16.5. The summed E-state index contributed by atoms with van der Waals surface area (Å²) in [7, 11) is 0. The van der Waals surface area contributed by atoms with Crippen molar-refractivity contribution in [2.45, 2.75) is 58.1 Å². The highest BCUT2D eigenvalue weighted by molar-refractivity contribution is 5.01. The predicted molar refractivity (Wildman–Crippen MR) is 68.1 cm³/mol. The third-order valence-electron chi connectivity index (χ3n) is 3.49. The molecule has 1 heterocycles. The van der Waals surface area contributed by atoms with Crippen molar-refractivity contribution in [3.05, 3.63) is 11.7 Å². The van der Waals surface area contributed by atoms with Gasteiger partial charge in [0.2, 0.25) is 11.7 Å². The maximum atomic E-state index is 5.91. The van der Waals surface area contributed by atoms with Crippen LogP contribution in [0.5, 0.6) is 0 Å². The number of nitrogens with zero attached hydrogens (tertiary/aromatic N) is 2. The maximum absolute atomic E-state index is 5.91. The molecule has 0 saturated heterocycles. The Balaban J connectivity index is 2.08. The van der Waals surface area contributed by atoms with Crippen LogP contribution < -0.4 is 5.73 Å². The molecule has 0 radical (unpaired) electrons. The van der Waals surface area contributed by atoms with Gasteiger partial charge in [-0.3, -0.25) is 0 Å². The Hall–Kier alpha value is -0.940. The second kappa shape index (κ2) is 5.80. The third-order valence-corrected chi connectivity index (χ3v) is 3.49. The van der Waals surface area contributed by atoms with Gasteiger partial charge in [-0.05, 0) is 32.1 Å². The zero-order chi connectivity index (χ0) is 13.1. The largest absolute Gasteiger partial charge is 0.370 e. The van der Waals surface area contributed by atoms with Crippen LogP contribution in [0.2, 0.25) is 0 Å². The first kappa shape index (κ1) is 13.5. The molecule has 1 aromatic rings. The summed E-state index contributed by atoms with van der Waals surface area (Å²) >= 11 is 0. The summed E-state index contributed by atoms with van der Waals surface area (Å²) in [4.78, 5) is 4.51. The Morgan fingerprint density at radius 3 is 2.78 bits per heavy atom. The van der Waals surface area contributed by atoms with Crippen molar-refractivity contribution in [3.63, 3.8) is 0 Å². The standard InChI is InChI=1S/C13H23N3O2/c1-4-17-11(8(2)3)12-15-13(18-16-12)9-5-6-10(14)7-9/h8-11H,4-7,14H2,1-3H3. The van der Waals surface area contributed by atoms with E-state index in [1.54, 1.807) is 0 Å². The molecule has 102 valence electrons. The Morgan fingerprint density at radius 1 is 1.44 bits per heavy atom. The molecule has 1 saturated carbocycles. The van der Waals surface area contributed by atoms with E-state index in [0.717, 1.165) is 25.2 Å². The second-order valence-electron chi connectivity index (χ2n) is 5.38. The first-order valence-corrected chi connectivity index (χ1v) is 6.82. The summed E-state index contributed by atoms with van der Waals surface area (Å²) in [5.74, 6) is 2.06. The van der Waals surface area contributed by atoms with Crippen molar-refractivity contribution in [2.24, 2.45) is 11.7 Å². The van der Waals surface area contributed by atoms with E-state index in [4.69, 9.17) is 15.0 Å². The van der Waals surface area contributed by atoms with E-state index >= 15 is 0 Å². The van der Waals surface area contributed by atoms with Crippen LogP contribution in [-0.2, 0) is 4.74 Å². The van der Waals surface area contributed by atoms with Crippen molar-refractivity contribution in [3.8, 4) is 0 Å². The van der Waals surface area contributed by atoms with Gasteiger partial charge < -0.3 is 15.0 Å². The van der Waals surface area contributed by atoms with Crippen molar-refractivity contribution in [2.75, 3.05) is 6.61 Å². The lowest BCUT2D eigenvalue weighted by Gasteiger charge is -2.16. The smallest absolute Gasteiger partial charge is 0.229 e. The van der Waals surface area contributed by atoms with Crippen molar-refractivity contribution < 1.29 is 9.26 Å². The predicted octanol–water partition coefficient (Wildman–Crippen LogP) is 2.40. The molecule has 1 aromatic heterocycles. The Bertz CT molecular complexity index is 378. The second-order valence-corrected chi connectivity index (χ2v) is 5.38. The number of hydrogen-bond donors (Lipinski definition) is 1. The van der Waals surface area contributed by atoms with Gasteiger partial charge in [-0.25, -0.2) is 0 Å². The van der Waals surface area contributed by atoms with E-state index in [2.05, 4.69) is 24.0 Å². The van der Waals surface area contributed by atoms with Gasteiger partial charge in [-0.2, -0.15) is 4.98 Å². The van der Waals surface area contributed by atoms with Gasteiger partial charge in [-0.15, -0.1) is 0 Å². The summed E-state index contributed by atoms with van der Waals surface area (Å²) in [5.41, 5.74) is 5.91. The van der Waals surface area contributed by atoms with Crippen molar-refractivity contribution in [1.82, 2.24) is 10.1 Å². The van der Waals surface area contributed by atoms with E-state index < -0.39 is 0 Å². The number of hydrogen-bond acceptors (Lipinski definition) is 5. The van der Waals surface area contributed by atoms with E-state index in [9.17, 15) is 0 Å². The van der Waals surface area contributed by atoms with Gasteiger partial charge in [0.05, 0.1) is 0 Å². The molecule has 3 atom stereocenters. The summed E-state index contributed by atoms with van der Waals surface area (Å²) in [6.07, 6.45) is 2.95. The fourth-order valence-electron chi connectivity index (χ4n) is 2.51. The minimum atomic E-state index is -0.0809. The van der Waals surface area contributed by atoms with Gasteiger partial charge in [0.1, 0.15) is 6.10 Å². The fourth-order valence-corrected chi connectivity index (χ4v) is 2.51. The third kappa shape index (κ3) is 2.90. The van der Waals surface area contributed by atoms with E-state index in [1.165, 1.54) is 0 Å². The number of rotatable bonds is 5. The van der Waals surface area contributed by atoms with Gasteiger partial charge in [0, 0.05) is 18.6 Å². The van der Waals surface area contributed by atoms with Crippen molar-refractivity contribution >= 4 is 0 Å². The fraction of sp³-hybridized carbons (Fsp3) is 0.846. The van der Waals surface area contributed by atoms with E-state index in [1.807, 2.05) is 6.92 Å². The lowest BCUT2D eigenvalue weighted by atomic mass is 10.1. The molecule has 0 amide bonds. The molecule has 1 aliphatic rings. The molecule has 0 aliphatic heterocycles. The highest BCUT2D eigenvalue weighted by Gasteiger charge is 2.30. The van der Waals surface area contributed by atoms with Gasteiger partial charge in [0.15, 0.2) is 0 Å². The average molecular weight is 253 g/mol. The van der Waals surface area contributed by atoms with Crippen LogP contribution in [0.15, 0.2) is 4.52 Å². The van der Waals surface area contributed by atoms with Gasteiger partial charge in [0.25, 0.3) is 0 Å². The van der Waals surface area contributed by atoms with Crippen molar-refractivity contribution in [1.29, 1.82) is 0 Å². The molecular weight excluding hydrogens is 230 g/mol. The molecule has 2 rings (SSSR count). The molecular formula is C13H23N3O2. The molecule has 5 heteroatoms. The van der Waals surface area contributed by atoms with Crippen LogP contribution in [0.4, 0.5) is 0 Å². The first-order chi connectivity index (χ1) is 8.61. The Morgan fingerprint density at radius 2 is 2.22 bits per heavy atom. The number of ether oxygens (including phenoxy) is 1. The molecule has 1 fully saturated rings. The Kier molecular flexibility index (Phi) is 4.35. The topological polar surface area (TPSA) is 74.2 Å². The molecule has 2 N–H and O–H groups in total.